The molecule has 0 heterocycles. The molecule has 128 valence electrons. The predicted octanol–water partition coefficient (Wildman–Crippen LogP) is -5.54. The topological polar surface area (TPSA) is 186 Å². The summed E-state index contributed by atoms with van der Waals surface area (Å²) in [4.78, 5) is 45.0. The van der Waals surface area contributed by atoms with Crippen LogP contribution in [0.5, 0.6) is 0 Å². The Morgan fingerprint density at radius 1 is 0.455 bits per heavy atom. The molecule has 0 bridgehead atoms. The predicted molar refractivity (Wildman–Crippen MR) is 66.5 cm³/mol. The van der Waals surface area contributed by atoms with E-state index >= 15 is 0 Å². The number of carboxylic acids is 5. The van der Waals surface area contributed by atoms with Gasteiger partial charge in [0.05, 0.1) is 0 Å². The Kier molecular flexibility index (Phi) is 71.6. The van der Waals surface area contributed by atoms with Gasteiger partial charge < -0.3 is 42.5 Å². The van der Waals surface area contributed by atoms with Gasteiger partial charge in [-0.05, 0) is 0 Å². The number of carbonyl (C=O) groups is 5. The van der Waals surface area contributed by atoms with Gasteiger partial charge in [0.2, 0.25) is 0 Å². The van der Waals surface area contributed by atoms with Gasteiger partial charge in [0.15, 0.2) is 0 Å². The van der Waals surface area contributed by atoms with Crippen molar-refractivity contribution >= 4 is 29.8 Å². The van der Waals surface area contributed by atoms with E-state index in [1.165, 1.54) is 0 Å². The van der Waals surface area contributed by atoms with E-state index in [-0.39, 0.29) is 46.5 Å². The molecule has 0 amide bonds. The van der Waals surface area contributed by atoms with E-state index in [9.17, 15) is 0 Å². The summed E-state index contributed by atoms with van der Waals surface area (Å²) in [5.74, 6) is -4.17. The van der Waals surface area contributed by atoms with Gasteiger partial charge in [0.1, 0.15) is 0 Å². The molecule has 0 aromatic rings. The first-order valence-electron chi connectivity index (χ1n) is 4.64. The molecule has 0 spiro atoms. The smallest absolute Gasteiger partial charge is 1.00 e. The summed E-state index contributed by atoms with van der Waals surface area (Å²) in [6.07, 6.45) is 0. The van der Waals surface area contributed by atoms with Crippen molar-refractivity contribution in [1.29, 1.82) is 0 Å². The van der Waals surface area contributed by atoms with Crippen LogP contribution >= 0.6 is 0 Å². The van der Waals surface area contributed by atoms with Crippen molar-refractivity contribution in [1.82, 2.24) is 0 Å². The third-order valence-corrected chi connectivity index (χ3v) is 0. The van der Waals surface area contributed by atoms with Gasteiger partial charge in [-0.25, -0.2) is 0 Å². The van der Waals surface area contributed by atoms with Crippen molar-refractivity contribution in [3.05, 3.63) is 0 Å². The van der Waals surface area contributed by atoms with E-state index in [0.29, 0.717) is 0 Å². The number of carboxylic acid groups (broad SMARTS) is 5. The van der Waals surface area contributed by atoms with Crippen LogP contribution in [0.2, 0.25) is 0 Å². The third-order valence-electron chi connectivity index (χ3n) is 0. The number of hydrogen-bond donors (Lipinski definition) is 5. The van der Waals surface area contributed by atoms with Crippen LogP contribution in [0.25, 0.3) is 0 Å². The fourth-order valence-corrected chi connectivity index (χ4v) is 0. The van der Waals surface area contributed by atoms with Gasteiger partial charge in [-0.15, -0.1) is 0 Å². The number of rotatable bonds is 0. The van der Waals surface area contributed by atoms with Crippen LogP contribution in [-0.4, -0.2) is 55.4 Å². The van der Waals surface area contributed by atoms with E-state index in [2.05, 4.69) is 0 Å². The normalized spacial score (nSPS) is 5.68. The molecule has 0 aliphatic rings. The summed E-state index contributed by atoms with van der Waals surface area (Å²) in [5, 5.41) is 37.1. The minimum atomic E-state index is -0.833. The monoisotopic (exact) mass is 402 g/mol. The quantitative estimate of drug-likeness (QED) is 0.244. The Hall–Kier alpha value is -1.17. The zero-order chi connectivity index (χ0) is 17.9. The summed E-state index contributed by atoms with van der Waals surface area (Å²) in [5.41, 5.74) is 0. The molecule has 12 heteroatoms. The SMILES string of the molecule is CC(=O)O.CC(=O)O.CC(=O)O.CC(=O)O.CC(=O)O.[Br-].[Na+]. The number of aliphatic carboxylic acids is 5. The van der Waals surface area contributed by atoms with Crippen LogP contribution in [-0.2, 0) is 24.0 Å². The van der Waals surface area contributed by atoms with Crippen LogP contribution in [0.15, 0.2) is 0 Å². The molecule has 0 fully saturated rings. The van der Waals surface area contributed by atoms with Gasteiger partial charge in [0.25, 0.3) is 29.8 Å². The van der Waals surface area contributed by atoms with Crippen molar-refractivity contribution in [2.45, 2.75) is 34.6 Å². The van der Waals surface area contributed by atoms with Crippen LogP contribution in [0.3, 0.4) is 0 Å². The molecule has 22 heavy (non-hydrogen) atoms. The van der Waals surface area contributed by atoms with Crippen molar-refractivity contribution in [3.63, 3.8) is 0 Å². The fraction of sp³-hybridized carbons (Fsp3) is 0.500. The second kappa shape index (κ2) is 36.8. The Balaban J connectivity index is -0.0000000250. The number of halogens is 1. The Bertz CT molecular complexity index is 216. The average molecular weight is 403 g/mol. The molecule has 0 aromatic carbocycles. The second-order valence-corrected chi connectivity index (χ2v) is 2.60. The van der Waals surface area contributed by atoms with E-state index in [1.807, 2.05) is 0 Å². The molecule has 0 saturated heterocycles. The van der Waals surface area contributed by atoms with Gasteiger partial charge in [-0.3, -0.25) is 24.0 Å². The van der Waals surface area contributed by atoms with E-state index < -0.39 is 29.8 Å². The van der Waals surface area contributed by atoms with Crippen molar-refractivity contribution in [3.8, 4) is 0 Å². The largest absolute Gasteiger partial charge is 1.00 e. The summed E-state index contributed by atoms with van der Waals surface area (Å²) in [7, 11) is 0. The first-order chi connectivity index (χ1) is 8.66. The molecule has 0 saturated carbocycles. The molecule has 10 nitrogen and oxygen atoms in total. The summed E-state index contributed by atoms with van der Waals surface area (Å²) in [6, 6.07) is 0. The standard InChI is InChI=1S/5C2H4O2.BrH.Na/c5*1-2(3)4;;/h5*1H3,(H,3,4);1H;/q;;;;;;+1/p-1. The van der Waals surface area contributed by atoms with Gasteiger partial charge in [-0.2, -0.15) is 0 Å². The minimum absolute atomic E-state index is 0. The first-order valence-corrected chi connectivity index (χ1v) is 4.64. The fourth-order valence-electron chi connectivity index (χ4n) is 0. The molecule has 5 N–H and O–H groups in total. The summed E-state index contributed by atoms with van der Waals surface area (Å²) >= 11 is 0. The van der Waals surface area contributed by atoms with Crippen molar-refractivity contribution in [2.24, 2.45) is 0 Å². The molecule has 0 aliphatic heterocycles. The molecular weight excluding hydrogens is 383 g/mol. The molecule has 0 aliphatic carbocycles. The molecule has 0 atom stereocenters. The third kappa shape index (κ3) is 4370. The zero-order valence-electron chi connectivity index (χ0n) is 13.2. The van der Waals surface area contributed by atoms with Crippen LogP contribution in [0, 0.1) is 0 Å². The molecular formula is C10H20BrNaO10. The maximum atomic E-state index is 9.00. The minimum Gasteiger partial charge on any atom is -1.00 e. The van der Waals surface area contributed by atoms with Crippen molar-refractivity contribution < 1.29 is 96.0 Å². The molecule has 0 rings (SSSR count). The van der Waals surface area contributed by atoms with Crippen LogP contribution < -0.4 is 46.5 Å². The van der Waals surface area contributed by atoms with E-state index in [1.54, 1.807) is 0 Å². The molecule has 0 unspecified atom stereocenters. The zero-order valence-corrected chi connectivity index (χ0v) is 16.7. The van der Waals surface area contributed by atoms with Gasteiger partial charge in [0, 0.05) is 34.6 Å². The number of hydrogen-bond acceptors (Lipinski definition) is 5. The average Bonchev–Trinajstić information content (AvgIpc) is 1.94. The molecule has 0 aromatic heterocycles. The summed E-state index contributed by atoms with van der Waals surface area (Å²) < 4.78 is 0. The Morgan fingerprint density at radius 2 is 0.455 bits per heavy atom. The first kappa shape index (κ1) is 42.8. The molecule has 0 radical (unpaired) electrons. The Labute approximate surface area is 160 Å². The van der Waals surface area contributed by atoms with Gasteiger partial charge in [-0.1, -0.05) is 0 Å². The summed E-state index contributed by atoms with van der Waals surface area (Å²) in [6.45, 7) is 5.42. The van der Waals surface area contributed by atoms with E-state index in [0.717, 1.165) is 34.6 Å². The van der Waals surface area contributed by atoms with Crippen molar-refractivity contribution in [2.75, 3.05) is 0 Å². The maximum Gasteiger partial charge on any atom is 1.00 e. The van der Waals surface area contributed by atoms with E-state index in [4.69, 9.17) is 49.5 Å². The van der Waals surface area contributed by atoms with Crippen LogP contribution in [0.4, 0.5) is 0 Å². The van der Waals surface area contributed by atoms with Crippen LogP contribution in [0.1, 0.15) is 34.6 Å². The second-order valence-electron chi connectivity index (χ2n) is 2.60. The maximum absolute atomic E-state index is 9.00. The van der Waals surface area contributed by atoms with Gasteiger partial charge >= 0.3 is 29.6 Å². The Morgan fingerprint density at radius 3 is 0.455 bits per heavy atom.